The van der Waals surface area contributed by atoms with Crippen molar-refractivity contribution in [3.05, 3.63) is 12.0 Å². The van der Waals surface area contributed by atoms with E-state index < -0.39 is 47.4 Å². The molecule has 0 atom stereocenters. The first-order valence-electron chi connectivity index (χ1n) is 4.42. The zero-order valence-electron chi connectivity index (χ0n) is 8.97. The van der Waals surface area contributed by atoms with Gasteiger partial charge in [0, 0.05) is 0 Å². The molecule has 1 rings (SSSR count). The quantitative estimate of drug-likeness (QED) is 0.526. The minimum absolute atomic E-state index is 1.88. The van der Waals surface area contributed by atoms with E-state index in [9.17, 15) is 52.7 Å². The van der Waals surface area contributed by atoms with Crippen LogP contribution in [0, 0.1) is 0 Å². The van der Waals surface area contributed by atoms with Crippen LogP contribution in [0.1, 0.15) is 0 Å². The van der Waals surface area contributed by atoms with Crippen molar-refractivity contribution in [3.8, 4) is 0 Å². The normalized spacial score (nSPS) is 27.6. The summed E-state index contributed by atoms with van der Waals surface area (Å²) in [5.74, 6) is -3.73. The number of alkyl halides is 11. The molecule has 0 N–H and O–H groups in total. The Morgan fingerprint density at radius 2 is 1.14 bits per heavy atom. The minimum Gasteiger partial charge on any atom is -0.242 e. The van der Waals surface area contributed by atoms with Gasteiger partial charge in [-0.1, -0.05) is 0 Å². The molecule has 2 nitrogen and oxygen atoms in total. The average molecular weight is 343 g/mol. The van der Waals surface area contributed by atoms with Gasteiger partial charge in [-0.3, -0.25) is 0 Å². The van der Waals surface area contributed by atoms with E-state index in [1.165, 1.54) is 0 Å². The standard InChI is InChI=1S/C7HF12NO/c8-2(3(9,10)11)1-20-4(12,13)6(16,17)21-7(18,19)5(20,14)15/h1H. The van der Waals surface area contributed by atoms with E-state index in [-0.39, 0.29) is 0 Å². The Kier molecular flexibility index (Phi) is 3.65. The average Bonchev–Trinajstić information content (AvgIpc) is 2.19. The van der Waals surface area contributed by atoms with Crippen molar-refractivity contribution < 1.29 is 57.4 Å². The molecule has 0 bridgehead atoms. The largest absolute Gasteiger partial charge is 0.445 e. The Bertz CT molecular complexity index is 425. The van der Waals surface area contributed by atoms with Crippen LogP contribution in [0.3, 0.4) is 0 Å². The summed E-state index contributed by atoms with van der Waals surface area (Å²) in [6, 6.07) is -12.8. The molecule has 0 aromatic carbocycles. The maximum atomic E-state index is 12.9. The fraction of sp³-hybridized carbons (Fsp3) is 0.714. The van der Waals surface area contributed by atoms with Crippen LogP contribution in [0.25, 0.3) is 0 Å². The predicted molar refractivity (Wildman–Crippen MR) is 38.0 cm³/mol. The number of hydrogen-bond donors (Lipinski definition) is 0. The van der Waals surface area contributed by atoms with Crippen LogP contribution in [-0.4, -0.2) is 35.4 Å². The number of allylic oxidation sites excluding steroid dienone is 1. The Hall–Kier alpha value is -1.34. The zero-order chi connectivity index (χ0) is 17.1. The SMILES string of the molecule is FC(=CN1C(F)(F)C(F)(F)OC(F)(F)C1(F)F)C(F)(F)F. The Labute approximate surface area is 106 Å². The molecule has 1 fully saturated rings. The molecular formula is C7HF12NO. The van der Waals surface area contributed by atoms with Gasteiger partial charge in [0.1, 0.15) is 0 Å². The summed E-state index contributed by atoms with van der Waals surface area (Å²) in [5, 5.41) is 0. The lowest BCUT2D eigenvalue weighted by Gasteiger charge is -2.46. The van der Waals surface area contributed by atoms with E-state index >= 15 is 0 Å². The number of ether oxygens (including phenoxy) is 1. The number of morpholine rings is 1. The first kappa shape index (κ1) is 17.7. The maximum absolute atomic E-state index is 12.9. The summed E-state index contributed by atoms with van der Waals surface area (Å²) in [5.41, 5.74) is 0. The van der Waals surface area contributed by atoms with Crippen LogP contribution in [-0.2, 0) is 4.74 Å². The van der Waals surface area contributed by atoms with Crippen molar-refractivity contribution in [2.24, 2.45) is 0 Å². The molecule has 0 amide bonds. The third-order valence-corrected chi connectivity index (χ3v) is 2.08. The molecule has 1 saturated heterocycles. The van der Waals surface area contributed by atoms with Gasteiger partial charge >= 0.3 is 30.5 Å². The number of nitrogens with zero attached hydrogens (tertiary/aromatic N) is 1. The van der Waals surface area contributed by atoms with Gasteiger partial charge < -0.3 is 0 Å². The Balaban J connectivity index is 3.48. The summed E-state index contributed by atoms with van der Waals surface area (Å²) < 4.78 is 151. The summed E-state index contributed by atoms with van der Waals surface area (Å²) in [4.78, 5) is -2.73. The van der Waals surface area contributed by atoms with Crippen LogP contribution in [0.2, 0.25) is 0 Å². The van der Waals surface area contributed by atoms with Crippen molar-refractivity contribution in [2.75, 3.05) is 0 Å². The molecule has 124 valence electrons. The predicted octanol–water partition coefficient (Wildman–Crippen LogP) is 4.06. The maximum Gasteiger partial charge on any atom is 0.445 e. The van der Waals surface area contributed by atoms with Gasteiger partial charge in [-0.2, -0.15) is 48.3 Å². The van der Waals surface area contributed by atoms with Gasteiger partial charge in [0.2, 0.25) is 5.83 Å². The van der Waals surface area contributed by atoms with Crippen molar-refractivity contribution in [1.82, 2.24) is 4.90 Å². The molecule has 0 aromatic rings. The van der Waals surface area contributed by atoms with Gasteiger partial charge in [0.15, 0.2) is 0 Å². The second kappa shape index (κ2) is 4.33. The molecule has 1 aliphatic heterocycles. The monoisotopic (exact) mass is 343 g/mol. The molecule has 0 saturated carbocycles. The first-order chi connectivity index (χ1) is 8.97. The highest BCUT2D eigenvalue weighted by Crippen LogP contribution is 2.56. The third kappa shape index (κ3) is 2.60. The number of halogens is 12. The highest BCUT2D eigenvalue weighted by Gasteiger charge is 2.82. The highest BCUT2D eigenvalue weighted by molar-refractivity contribution is 5.06. The minimum atomic E-state index is -6.39. The molecule has 0 unspecified atom stereocenters. The van der Waals surface area contributed by atoms with Gasteiger partial charge in [-0.05, 0) is 0 Å². The fourth-order valence-corrected chi connectivity index (χ4v) is 1.09. The summed E-state index contributed by atoms with van der Waals surface area (Å²) in [6.07, 6.45) is -20.7. The second-order valence-electron chi connectivity index (χ2n) is 3.56. The van der Waals surface area contributed by atoms with E-state index in [0.717, 1.165) is 0 Å². The van der Waals surface area contributed by atoms with Gasteiger partial charge in [0.25, 0.3) is 0 Å². The molecule has 21 heavy (non-hydrogen) atoms. The van der Waals surface area contributed by atoms with Gasteiger partial charge in [-0.25, -0.2) is 14.0 Å². The smallest absolute Gasteiger partial charge is 0.242 e. The van der Waals surface area contributed by atoms with Crippen molar-refractivity contribution in [1.29, 1.82) is 0 Å². The summed E-state index contributed by atoms with van der Waals surface area (Å²) >= 11 is 0. The van der Waals surface area contributed by atoms with Gasteiger partial charge in [-0.15, -0.1) is 0 Å². The van der Waals surface area contributed by atoms with Crippen molar-refractivity contribution in [2.45, 2.75) is 30.5 Å². The molecule has 1 aliphatic rings. The second-order valence-corrected chi connectivity index (χ2v) is 3.56. The summed E-state index contributed by atoms with van der Waals surface area (Å²) in [7, 11) is 0. The topological polar surface area (TPSA) is 12.5 Å². The lowest BCUT2D eigenvalue weighted by atomic mass is 10.3. The molecule has 1 heterocycles. The van der Waals surface area contributed by atoms with Crippen molar-refractivity contribution >= 4 is 0 Å². The van der Waals surface area contributed by atoms with Gasteiger partial charge in [0.05, 0.1) is 6.20 Å². The fourth-order valence-electron chi connectivity index (χ4n) is 1.09. The summed E-state index contributed by atoms with van der Waals surface area (Å²) in [6.45, 7) is 0. The zero-order valence-corrected chi connectivity index (χ0v) is 8.97. The molecule has 14 heteroatoms. The van der Waals surface area contributed by atoms with Crippen LogP contribution < -0.4 is 0 Å². The van der Waals surface area contributed by atoms with Crippen LogP contribution >= 0.6 is 0 Å². The third-order valence-electron chi connectivity index (χ3n) is 2.08. The molecular weight excluding hydrogens is 342 g/mol. The van der Waals surface area contributed by atoms with E-state index in [1.807, 2.05) is 4.74 Å². The first-order valence-corrected chi connectivity index (χ1v) is 4.42. The van der Waals surface area contributed by atoms with Crippen LogP contribution in [0.5, 0.6) is 0 Å². The molecule has 0 radical (unpaired) electrons. The Morgan fingerprint density at radius 3 is 1.43 bits per heavy atom. The molecule has 0 spiro atoms. The Morgan fingerprint density at radius 1 is 0.810 bits per heavy atom. The van der Waals surface area contributed by atoms with Crippen LogP contribution in [0.15, 0.2) is 12.0 Å². The highest BCUT2D eigenvalue weighted by atomic mass is 19.4. The lowest BCUT2D eigenvalue weighted by Crippen LogP contribution is -2.72. The van der Waals surface area contributed by atoms with E-state index in [0.29, 0.717) is 0 Å². The van der Waals surface area contributed by atoms with E-state index in [4.69, 9.17) is 0 Å². The van der Waals surface area contributed by atoms with Crippen molar-refractivity contribution in [3.63, 3.8) is 0 Å². The van der Waals surface area contributed by atoms with Crippen LogP contribution in [0.4, 0.5) is 52.7 Å². The molecule has 0 aliphatic carbocycles. The van der Waals surface area contributed by atoms with E-state index in [2.05, 4.69) is 0 Å². The number of hydrogen-bond acceptors (Lipinski definition) is 2. The van der Waals surface area contributed by atoms with E-state index in [1.54, 1.807) is 0 Å². The molecule has 0 aromatic heterocycles. The number of rotatable bonds is 1. The lowest BCUT2D eigenvalue weighted by molar-refractivity contribution is -0.555.